The second-order valence-corrected chi connectivity index (χ2v) is 5.19. The molecule has 0 spiro atoms. The molecule has 1 aromatic carbocycles. The normalized spacial score (nSPS) is 15.3. The third-order valence-electron chi connectivity index (χ3n) is 3.87. The summed E-state index contributed by atoms with van der Waals surface area (Å²) in [5.74, 6) is 0.922. The molecule has 1 aliphatic rings. The first kappa shape index (κ1) is 14.5. The number of aliphatic hydroxyl groups is 1. The summed E-state index contributed by atoms with van der Waals surface area (Å²) in [5, 5.41) is 11.7. The SMILES string of the molecule is O=c1c(NCCO)c(N2CCN(c3ccccn3)CC2)c1=O. The first-order valence-electron chi connectivity index (χ1n) is 7.31. The van der Waals surface area contributed by atoms with Crippen LogP contribution < -0.4 is 26.0 Å². The van der Waals surface area contributed by atoms with E-state index in [4.69, 9.17) is 5.11 Å². The van der Waals surface area contributed by atoms with E-state index in [0.717, 1.165) is 18.9 Å². The van der Waals surface area contributed by atoms with E-state index in [1.807, 2.05) is 23.1 Å². The van der Waals surface area contributed by atoms with Gasteiger partial charge in [-0.05, 0) is 12.1 Å². The topological polar surface area (TPSA) is 85.8 Å². The largest absolute Gasteiger partial charge is 0.395 e. The van der Waals surface area contributed by atoms with Gasteiger partial charge in [-0.3, -0.25) is 9.59 Å². The fraction of sp³-hybridized carbons (Fsp3) is 0.400. The van der Waals surface area contributed by atoms with Crippen molar-refractivity contribution in [2.75, 3.05) is 54.4 Å². The molecule has 0 atom stereocenters. The van der Waals surface area contributed by atoms with Crippen molar-refractivity contribution < 1.29 is 5.11 Å². The maximum absolute atomic E-state index is 11.8. The molecule has 7 nitrogen and oxygen atoms in total. The Balaban J connectivity index is 1.68. The molecule has 116 valence electrons. The first-order valence-corrected chi connectivity index (χ1v) is 7.31. The highest BCUT2D eigenvalue weighted by atomic mass is 16.3. The molecule has 0 unspecified atom stereocenters. The van der Waals surface area contributed by atoms with Crippen LogP contribution in [0, 0.1) is 0 Å². The Morgan fingerprint density at radius 2 is 1.82 bits per heavy atom. The van der Waals surface area contributed by atoms with E-state index in [-0.39, 0.29) is 13.2 Å². The zero-order valence-electron chi connectivity index (χ0n) is 12.2. The van der Waals surface area contributed by atoms with Gasteiger partial charge in [0.2, 0.25) is 0 Å². The van der Waals surface area contributed by atoms with Crippen LogP contribution in [0.3, 0.4) is 0 Å². The highest BCUT2D eigenvalue weighted by molar-refractivity contribution is 5.75. The molecule has 0 bridgehead atoms. The summed E-state index contributed by atoms with van der Waals surface area (Å²) in [7, 11) is 0. The van der Waals surface area contributed by atoms with E-state index in [0.29, 0.717) is 24.5 Å². The monoisotopic (exact) mass is 302 g/mol. The third-order valence-corrected chi connectivity index (χ3v) is 3.87. The number of hydrogen-bond acceptors (Lipinski definition) is 7. The molecule has 2 heterocycles. The maximum Gasteiger partial charge on any atom is 0.253 e. The van der Waals surface area contributed by atoms with Crippen LogP contribution in [-0.4, -0.2) is 49.4 Å². The molecule has 2 N–H and O–H groups in total. The maximum atomic E-state index is 11.8. The van der Waals surface area contributed by atoms with Gasteiger partial charge in [-0.15, -0.1) is 0 Å². The quantitative estimate of drug-likeness (QED) is 0.714. The van der Waals surface area contributed by atoms with Gasteiger partial charge in [0.15, 0.2) is 0 Å². The number of pyridine rings is 1. The summed E-state index contributed by atoms with van der Waals surface area (Å²) in [6.45, 7) is 3.01. The van der Waals surface area contributed by atoms with Crippen LogP contribution in [0.1, 0.15) is 0 Å². The Kier molecular flexibility index (Phi) is 4.06. The Labute approximate surface area is 127 Å². The van der Waals surface area contributed by atoms with Crippen molar-refractivity contribution in [3.05, 3.63) is 44.8 Å². The molecule has 1 aromatic heterocycles. The smallest absolute Gasteiger partial charge is 0.253 e. The summed E-state index contributed by atoms with van der Waals surface area (Å²) >= 11 is 0. The van der Waals surface area contributed by atoms with Crippen LogP contribution >= 0.6 is 0 Å². The van der Waals surface area contributed by atoms with Crippen LogP contribution in [0.25, 0.3) is 0 Å². The highest BCUT2D eigenvalue weighted by Crippen LogP contribution is 2.22. The van der Waals surface area contributed by atoms with Gasteiger partial charge in [-0.25, -0.2) is 4.98 Å². The van der Waals surface area contributed by atoms with E-state index < -0.39 is 10.9 Å². The number of rotatable bonds is 5. The van der Waals surface area contributed by atoms with Gasteiger partial charge in [-0.1, -0.05) is 6.07 Å². The molecule has 0 aliphatic carbocycles. The fourth-order valence-corrected chi connectivity index (χ4v) is 2.73. The molecule has 7 heteroatoms. The van der Waals surface area contributed by atoms with Gasteiger partial charge in [0, 0.05) is 38.9 Å². The predicted molar refractivity (Wildman–Crippen MR) is 85.6 cm³/mol. The lowest BCUT2D eigenvalue weighted by Crippen LogP contribution is -2.52. The molecule has 22 heavy (non-hydrogen) atoms. The summed E-state index contributed by atoms with van der Waals surface area (Å²) in [5.41, 5.74) is -0.133. The van der Waals surface area contributed by atoms with E-state index in [1.165, 1.54) is 0 Å². The summed E-state index contributed by atoms with van der Waals surface area (Å²) in [4.78, 5) is 31.8. The van der Waals surface area contributed by atoms with E-state index >= 15 is 0 Å². The molecule has 3 rings (SSSR count). The number of nitrogens with one attached hydrogen (secondary N) is 1. The molecule has 0 saturated carbocycles. The number of aliphatic hydroxyl groups excluding tert-OH is 1. The summed E-state index contributed by atoms with van der Waals surface area (Å²) in [6, 6.07) is 5.78. The Hall–Kier alpha value is -2.41. The average molecular weight is 302 g/mol. The predicted octanol–water partition coefficient (Wildman–Crippen LogP) is -0.592. The van der Waals surface area contributed by atoms with Gasteiger partial charge >= 0.3 is 0 Å². The second kappa shape index (κ2) is 6.15. The number of anilines is 3. The van der Waals surface area contributed by atoms with E-state index in [9.17, 15) is 9.59 Å². The molecule has 0 radical (unpaired) electrons. The average Bonchev–Trinajstić information content (AvgIpc) is 2.59. The fourth-order valence-electron chi connectivity index (χ4n) is 2.73. The van der Waals surface area contributed by atoms with Crippen molar-refractivity contribution in [3.8, 4) is 0 Å². The van der Waals surface area contributed by atoms with Crippen molar-refractivity contribution in [2.45, 2.75) is 0 Å². The van der Waals surface area contributed by atoms with Gasteiger partial charge < -0.3 is 20.2 Å². The van der Waals surface area contributed by atoms with Crippen molar-refractivity contribution in [3.63, 3.8) is 0 Å². The third kappa shape index (κ3) is 2.55. The van der Waals surface area contributed by atoms with Crippen LogP contribution in [-0.2, 0) is 0 Å². The number of nitrogens with zero attached hydrogens (tertiary/aromatic N) is 3. The lowest BCUT2D eigenvalue weighted by Gasteiger charge is -2.37. The minimum Gasteiger partial charge on any atom is -0.395 e. The number of hydrogen-bond donors (Lipinski definition) is 2. The number of piperazine rings is 1. The minimum absolute atomic E-state index is 0.0777. The van der Waals surface area contributed by atoms with Crippen LogP contribution in [0.15, 0.2) is 34.0 Å². The standard InChI is InChI=1S/C15H18N4O3/c20-10-5-17-12-13(15(22)14(12)21)19-8-6-18(7-9-19)11-3-1-2-4-16-11/h1-4,17,20H,5-10H2. The molecule has 1 fully saturated rings. The van der Waals surface area contributed by atoms with Gasteiger partial charge in [0.25, 0.3) is 10.9 Å². The van der Waals surface area contributed by atoms with Crippen molar-refractivity contribution in [1.29, 1.82) is 0 Å². The van der Waals surface area contributed by atoms with Gasteiger partial charge in [0.1, 0.15) is 17.2 Å². The van der Waals surface area contributed by atoms with Crippen LogP contribution in [0.5, 0.6) is 0 Å². The number of aromatic nitrogens is 1. The molecule has 1 aliphatic heterocycles. The first-order chi connectivity index (χ1) is 10.7. The summed E-state index contributed by atoms with van der Waals surface area (Å²) < 4.78 is 0. The Morgan fingerprint density at radius 3 is 2.45 bits per heavy atom. The van der Waals surface area contributed by atoms with E-state index in [1.54, 1.807) is 6.20 Å². The molecular weight excluding hydrogens is 284 g/mol. The second-order valence-electron chi connectivity index (χ2n) is 5.19. The van der Waals surface area contributed by atoms with Gasteiger partial charge in [-0.2, -0.15) is 0 Å². The highest BCUT2D eigenvalue weighted by Gasteiger charge is 2.28. The lowest BCUT2D eigenvalue weighted by molar-refractivity contribution is 0.311. The van der Waals surface area contributed by atoms with E-state index in [2.05, 4.69) is 15.2 Å². The molecular formula is C15H18N4O3. The lowest BCUT2D eigenvalue weighted by atomic mass is 10.1. The molecule has 0 amide bonds. The molecule has 1 saturated heterocycles. The molecule has 2 aromatic rings. The zero-order valence-corrected chi connectivity index (χ0v) is 12.2. The van der Waals surface area contributed by atoms with Crippen molar-refractivity contribution in [2.24, 2.45) is 0 Å². The zero-order chi connectivity index (χ0) is 15.5. The summed E-state index contributed by atoms with van der Waals surface area (Å²) in [6.07, 6.45) is 1.76. The Morgan fingerprint density at radius 1 is 1.09 bits per heavy atom. The van der Waals surface area contributed by atoms with Crippen molar-refractivity contribution >= 4 is 17.2 Å². The van der Waals surface area contributed by atoms with Crippen LogP contribution in [0.2, 0.25) is 0 Å². The Bertz CT molecular complexity index is 701. The minimum atomic E-state index is -0.490. The van der Waals surface area contributed by atoms with Gasteiger partial charge in [0.05, 0.1) is 6.61 Å². The van der Waals surface area contributed by atoms with Crippen LogP contribution in [0.4, 0.5) is 17.2 Å². The van der Waals surface area contributed by atoms with Crippen molar-refractivity contribution in [1.82, 2.24) is 4.98 Å².